The van der Waals surface area contributed by atoms with Gasteiger partial charge in [0.2, 0.25) is 0 Å². The third kappa shape index (κ3) is 3.24. The zero-order chi connectivity index (χ0) is 13.7. The van der Waals surface area contributed by atoms with E-state index in [2.05, 4.69) is 0 Å². The quantitative estimate of drug-likeness (QED) is 0.476. The van der Waals surface area contributed by atoms with Gasteiger partial charge >= 0.3 is 0 Å². The van der Waals surface area contributed by atoms with Crippen LogP contribution in [0.5, 0.6) is 5.75 Å². The van der Waals surface area contributed by atoms with Crippen molar-refractivity contribution in [2.45, 2.75) is 0 Å². The van der Waals surface area contributed by atoms with Crippen molar-refractivity contribution in [2.75, 3.05) is 7.11 Å². The molecule has 0 fully saturated rings. The monoisotopic (exact) mass is 272 g/mol. The summed E-state index contributed by atoms with van der Waals surface area (Å²) in [5.41, 5.74) is 2.27. The Morgan fingerprint density at radius 2 is 1.79 bits per heavy atom. The minimum Gasteiger partial charge on any atom is -0.496 e. The number of rotatable bonds is 4. The van der Waals surface area contributed by atoms with Crippen LogP contribution < -0.4 is 4.74 Å². The lowest BCUT2D eigenvalue weighted by Crippen LogP contribution is -1.89. The maximum absolute atomic E-state index is 11.3. The van der Waals surface area contributed by atoms with Crippen LogP contribution in [0.15, 0.2) is 48.5 Å². The second-order valence-electron chi connectivity index (χ2n) is 3.97. The zero-order valence-electron chi connectivity index (χ0n) is 10.5. The highest BCUT2D eigenvalue weighted by molar-refractivity contribution is 6.30. The molecule has 0 aliphatic rings. The first-order valence-electron chi connectivity index (χ1n) is 5.80. The highest BCUT2D eigenvalue weighted by atomic mass is 35.5. The third-order valence-corrected chi connectivity index (χ3v) is 3.01. The van der Waals surface area contributed by atoms with Crippen LogP contribution >= 0.6 is 11.6 Å². The number of carbonyl (C=O) groups excluding carboxylic acids is 1. The van der Waals surface area contributed by atoms with E-state index in [1.54, 1.807) is 25.3 Å². The molecule has 3 heteroatoms. The zero-order valence-corrected chi connectivity index (χ0v) is 11.2. The Hall–Kier alpha value is -2.06. The molecular formula is C16H13ClO2. The first kappa shape index (κ1) is 13.4. The van der Waals surface area contributed by atoms with Crippen molar-refractivity contribution in [3.8, 4) is 5.75 Å². The number of methoxy groups -OCH3 is 1. The SMILES string of the molecule is COc1ccccc1/C=C(\C=O)c1ccc(Cl)cc1. The fraction of sp³-hybridized carbons (Fsp3) is 0.0625. The Labute approximate surface area is 117 Å². The molecule has 0 amide bonds. The van der Waals surface area contributed by atoms with Gasteiger partial charge in [-0.1, -0.05) is 41.9 Å². The predicted molar refractivity (Wildman–Crippen MR) is 78.4 cm³/mol. The fourth-order valence-corrected chi connectivity index (χ4v) is 1.91. The summed E-state index contributed by atoms with van der Waals surface area (Å²) in [6.45, 7) is 0. The maximum Gasteiger partial charge on any atom is 0.150 e. The smallest absolute Gasteiger partial charge is 0.150 e. The van der Waals surface area contributed by atoms with Crippen LogP contribution in [-0.2, 0) is 4.79 Å². The van der Waals surface area contributed by atoms with Gasteiger partial charge in [0, 0.05) is 16.2 Å². The first-order valence-corrected chi connectivity index (χ1v) is 6.18. The molecule has 0 atom stereocenters. The summed E-state index contributed by atoms with van der Waals surface area (Å²) >= 11 is 5.84. The summed E-state index contributed by atoms with van der Waals surface area (Å²) in [5.74, 6) is 0.732. The predicted octanol–water partition coefficient (Wildman–Crippen LogP) is 4.09. The van der Waals surface area contributed by atoms with Crippen LogP contribution in [0.4, 0.5) is 0 Å². The van der Waals surface area contributed by atoms with Crippen molar-refractivity contribution in [3.63, 3.8) is 0 Å². The molecule has 0 bridgehead atoms. The standard InChI is InChI=1S/C16H13ClO2/c1-19-16-5-3-2-4-13(16)10-14(11-18)12-6-8-15(17)9-7-12/h2-11H,1H3/b14-10+. The van der Waals surface area contributed by atoms with E-state index in [-0.39, 0.29) is 0 Å². The molecule has 2 rings (SSSR count). The lowest BCUT2D eigenvalue weighted by Gasteiger charge is -2.06. The molecule has 2 aromatic carbocycles. The minimum atomic E-state index is 0.584. The lowest BCUT2D eigenvalue weighted by atomic mass is 10.0. The van der Waals surface area contributed by atoms with E-state index in [9.17, 15) is 4.79 Å². The minimum absolute atomic E-state index is 0.584. The Kier molecular flexibility index (Phi) is 4.37. The summed E-state index contributed by atoms with van der Waals surface area (Å²) in [4.78, 5) is 11.3. The molecule has 0 N–H and O–H groups in total. The molecule has 0 aromatic heterocycles. The lowest BCUT2D eigenvalue weighted by molar-refractivity contribution is -0.103. The van der Waals surface area contributed by atoms with Crippen LogP contribution in [0.3, 0.4) is 0 Å². The number of benzene rings is 2. The van der Waals surface area contributed by atoms with Gasteiger partial charge in [0.15, 0.2) is 6.29 Å². The Bertz CT molecular complexity index is 600. The van der Waals surface area contributed by atoms with Crippen LogP contribution in [0.25, 0.3) is 11.6 Å². The van der Waals surface area contributed by atoms with Crippen molar-refractivity contribution in [1.29, 1.82) is 0 Å². The number of carbonyl (C=O) groups is 1. The van der Waals surface area contributed by atoms with E-state index in [1.807, 2.05) is 36.4 Å². The molecule has 0 spiro atoms. The Morgan fingerprint density at radius 3 is 2.42 bits per heavy atom. The van der Waals surface area contributed by atoms with E-state index in [1.165, 1.54) is 0 Å². The van der Waals surface area contributed by atoms with E-state index in [0.29, 0.717) is 10.6 Å². The summed E-state index contributed by atoms with van der Waals surface area (Å²) in [5, 5.41) is 0.645. The van der Waals surface area contributed by atoms with Crippen LogP contribution in [-0.4, -0.2) is 13.4 Å². The van der Waals surface area contributed by atoms with Gasteiger partial charge in [-0.3, -0.25) is 4.79 Å². The molecule has 2 nitrogen and oxygen atoms in total. The summed E-state index contributed by atoms with van der Waals surface area (Å²) in [7, 11) is 1.61. The van der Waals surface area contributed by atoms with Crippen LogP contribution in [0.1, 0.15) is 11.1 Å². The van der Waals surface area contributed by atoms with Crippen molar-refractivity contribution >= 4 is 29.5 Å². The van der Waals surface area contributed by atoms with Crippen molar-refractivity contribution in [1.82, 2.24) is 0 Å². The van der Waals surface area contributed by atoms with Gasteiger partial charge in [-0.25, -0.2) is 0 Å². The molecule has 2 aromatic rings. The maximum atomic E-state index is 11.3. The molecule has 96 valence electrons. The molecule has 0 radical (unpaired) electrons. The number of hydrogen-bond donors (Lipinski definition) is 0. The normalized spacial score (nSPS) is 11.2. The number of aldehydes is 1. The highest BCUT2D eigenvalue weighted by Gasteiger charge is 2.04. The molecule has 0 aliphatic carbocycles. The van der Waals surface area contributed by atoms with Gasteiger partial charge in [0.05, 0.1) is 7.11 Å². The molecular weight excluding hydrogens is 260 g/mol. The first-order chi connectivity index (χ1) is 9.24. The number of para-hydroxylation sites is 1. The Balaban J connectivity index is 2.43. The van der Waals surface area contributed by atoms with E-state index in [0.717, 1.165) is 23.2 Å². The highest BCUT2D eigenvalue weighted by Crippen LogP contribution is 2.24. The third-order valence-electron chi connectivity index (χ3n) is 2.75. The fourth-order valence-electron chi connectivity index (χ4n) is 1.78. The second-order valence-corrected chi connectivity index (χ2v) is 4.40. The van der Waals surface area contributed by atoms with Crippen LogP contribution in [0.2, 0.25) is 5.02 Å². The molecule has 0 heterocycles. The number of ether oxygens (including phenoxy) is 1. The van der Waals surface area contributed by atoms with E-state index < -0.39 is 0 Å². The summed E-state index contributed by atoms with van der Waals surface area (Å²) in [6, 6.07) is 14.7. The number of hydrogen-bond acceptors (Lipinski definition) is 2. The van der Waals surface area contributed by atoms with Gasteiger partial charge in [-0.05, 0) is 29.8 Å². The van der Waals surface area contributed by atoms with Gasteiger partial charge in [-0.2, -0.15) is 0 Å². The van der Waals surface area contributed by atoms with Gasteiger partial charge in [-0.15, -0.1) is 0 Å². The van der Waals surface area contributed by atoms with E-state index >= 15 is 0 Å². The van der Waals surface area contributed by atoms with Crippen molar-refractivity contribution < 1.29 is 9.53 Å². The van der Waals surface area contributed by atoms with Gasteiger partial charge in [0.1, 0.15) is 5.75 Å². The van der Waals surface area contributed by atoms with Crippen molar-refractivity contribution in [2.24, 2.45) is 0 Å². The topological polar surface area (TPSA) is 26.3 Å². The molecule has 0 saturated heterocycles. The second kappa shape index (κ2) is 6.21. The molecule has 19 heavy (non-hydrogen) atoms. The van der Waals surface area contributed by atoms with Crippen molar-refractivity contribution in [3.05, 3.63) is 64.7 Å². The Morgan fingerprint density at radius 1 is 1.11 bits per heavy atom. The average molecular weight is 273 g/mol. The number of allylic oxidation sites excluding steroid dienone is 1. The van der Waals surface area contributed by atoms with Crippen LogP contribution in [0, 0.1) is 0 Å². The molecule has 0 saturated carbocycles. The van der Waals surface area contributed by atoms with E-state index in [4.69, 9.17) is 16.3 Å². The summed E-state index contributed by atoms with van der Waals surface area (Å²) in [6.07, 6.45) is 2.63. The largest absolute Gasteiger partial charge is 0.496 e. The summed E-state index contributed by atoms with van der Waals surface area (Å²) < 4.78 is 5.26. The number of halogens is 1. The van der Waals surface area contributed by atoms with Gasteiger partial charge in [0.25, 0.3) is 0 Å². The molecule has 0 aliphatic heterocycles. The average Bonchev–Trinajstić information content (AvgIpc) is 2.46. The van der Waals surface area contributed by atoms with Gasteiger partial charge < -0.3 is 4.74 Å². The molecule has 0 unspecified atom stereocenters.